The first-order chi connectivity index (χ1) is 19.7. The van der Waals surface area contributed by atoms with Crippen LogP contribution in [0.15, 0.2) is 91.0 Å². The van der Waals surface area contributed by atoms with Crippen LogP contribution in [0, 0.1) is 0 Å². The van der Waals surface area contributed by atoms with Gasteiger partial charge in [-0.2, -0.15) is 0 Å². The van der Waals surface area contributed by atoms with Gasteiger partial charge in [0.25, 0.3) is 0 Å². The van der Waals surface area contributed by atoms with Gasteiger partial charge in [0.05, 0.1) is 54.8 Å². The van der Waals surface area contributed by atoms with E-state index in [1.165, 1.54) is 20.8 Å². The zero-order valence-electron chi connectivity index (χ0n) is 23.8. The molecular weight excluding hydrogens is 552 g/mol. The van der Waals surface area contributed by atoms with E-state index < -0.39 is 36.2 Å². The van der Waals surface area contributed by atoms with Crippen molar-refractivity contribution in [1.29, 1.82) is 0 Å². The fourth-order valence-corrected chi connectivity index (χ4v) is 1.74. The molecule has 0 aliphatic carbocycles. The number of aliphatic hydroxyl groups excluding tert-OH is 6. The van der Waals surface area contributed by atoms with E-state index >= 15 is 0 Å². The van der Waals surface area contributed by atoms with Crippen LogP contribution in [-0.4, -0.2) is 102 Å². The molecule has 12 heteroatoms. The Kier molecular flexibility index (Phi) is 28.6. The summed E-state index contributed by atoms with van der Waals surface area (Å²) < 4.78 is 0. The number of benzene rings is 3. The van der Waals surface area contributed by atoms with Crippen LogP contribution in [0.4, 0.5) is 0 Å². The predicted molar refractivity (Wildman–Crippen MR) is 157 cm³/mol. The molecule has 0 aliphatic rings. The van der Waals surface area contributed by atoms with E-state index in [9.17, 15) is 14.4 Å². The zero-order chi connectivity index (χ0) is 32.9. The molecule has 0 saturated carbocycles. The standard InChI is InChI=1S/3C7H6O2.3C3H8O2/c3*8-7(9)6-4-2-1-3-5-6;3*1-3(5)2-4/h3*1-5H,(H,8,9);3*3-5H,2H2,1H3. The van der Waals surface area contributed by atoms with Gasteiger partial charge in [0.2, 0.25) is 0 Å². The maximum absolute atomic E-state index is 10.2. The summed E-state index contributed by atoms with van der Waals surface area (Å²) in [5.41, 5.74) is 0.993. The first-order valence-electron chi connectivity index (χ1n) is 12.4. The summed E-state index contributed by atoms with van der Waals surface area (Å²) in [5, 5.41) is 73.2. The highest BCUT2D eigenvalue weighted by atomic mass is 16.4. The van der Waals surface area contributed by atoms with E-state index in [0.717, 1.165) is 0 Å². The van der Waals surface area contributed by atoms with Gasteiger partial charge in [0, 0.05) is 0 Å². The summed E-state index contributed by atoms with van der Waals surface area (Å²) in [6.07, 6.45) is -1.68. The van der Waals surface area contributed by atoms with E-state index in [4.69, 9.17) is 46.0 Å². The zero-order valence-corrected chi connectivity index (χ0v) is 23.8. The van der Waals surface area contributed by atoms with Gasteiger partial charge < -0.3 is 46.0 Å². The number of rotatable bonds is 6. The molecule has 42 heavy (non-hydrogen) atoms. The summed E-state index contributed by atoms with van der Waals surface area (Å²) in [7, 11) is 0. The minimum absolute atomic E-state index is 0.139. The number of carbonyl (C=O) groups is 3. The largest absolute Gasteiger partial charge is 0.478 e. The molecular formula is C30H42O12. The monoisotopic (exact) mass is 594 g/mol. The number of hydrogen-bond acceptors (Lipinski definition) is 9. The Morgan fingerprint density at radius 3 is 0.667 bits per heavy atom. The van der Waals surface area contributed by atoms with Crippen molar-refractivity contribution in [2.75, 3.05) is 19.8 Å². The highest BCUT2D eigenvalue weighted by molar-refractivity contribution is 5.88. The third-order valence-electron chi connectivity index (χ3n) is 3.85. The van der Waals surface area contributed by atoms with Crippen LogP contribution in [0.5, 0.6) is 0 Å². The lowest BCUT2D eigenvalue weighted by molar-refractivity contribution is 0.0686. The molecule has 0 amide bonds. The molecule has 12 nitrogen and oxygen atoms in total. The van der Waals surface area contributed by atoms with Crippen molar-refractivity contribution in [3.05, 3.63) is 108 Å². The first-order valence-corrected chi connectivity index (χ1v) is 12.4. The molecule has 0 spiro atoms. The van der Waals surface area contributed by atoms with Gasteiger partial charge in [0.15, 0.2) is 0 Å². The van der Waals surface area contributed by atoms with Crippen molar-refractivity contribution in [1.82, 2.24) is 0 Å². The number of aromatic carboxylic acids is 3. The highest BCUT2D eigenvalue weighted by Crippen LogP contribution is 1.97. The van der Waals surface area contributed by atoms with Crippen molar-refractivity contribution < 1.29 is 60.3 Å². The third-order valence-corrected chi connectivity index (χ3v) is 3.85. The Bertz CT molecular complexity index is 905. The Hall–Kier alpha value is -4.17. The summed E-state index contributed by atoms with van der Waals surface area (Å²) >= 11 is 0. The second-order valence-corrected chi connectivity index (χ2v) is 8.11. The molecule has 3 aromatic carbocycles. The summed E-state index contributed by atoms with van der Waals surface area (Å²) in [6.45, 7) is 4.17. The van der Waals surface area contributed by atoms with Crippen LogP contribution in [0.2, 0.25) is 0 Å². The Morgan fingerprint density at radius 1 is 0.452 bits per heavy atom. The van der Waals surface area contributed by atoms with Crippen molar-refractivity contribution in [3.8, 4) is 0 Å². The molecule has 0 aromatic heterocycles. The van der Waals surface area contributed by atoms with Crippen LogP contribution >= 0.6 is 0 Å². The van der Waals surface area contributed by atoms with E-state index in [0.29, 0.717) is 16.7 Å². The van der Waals surface area contributed by atoms with Crippen molar-refractivity contribution in [3.63, 3.8) is 0 Å². The van der Waals surface area contributed by atoms with Gasteiger partial charge >= 0.3 is 17.9 Å². The van der Waals surface area contributed by atoms with Gasteiger partial charge in [0.1, 0.15) is 0 Å². The molecule has 9 N–H and O–H groups in total. The Morgan fingerprint density at radius 2 is 0.595 bits per heavy atom. The minimum atomic E-state index is -0.879. The maximum Gasteiger partial charge on any atom is 0.335 e. The number of carboxylic acids is 3. The predicted octanol–water partition coefficient (Wildman–Crippen LogP) is 2.23. The second-order valence-electron chi connectivity index (χ2n) is 8.11. The van der Waals surface area contributed by atoms with Crippen molar-refractivity contribution >= 4 is 17.9 Å². The average molecular weight is 595 g/mol. The summed E-state index contributed by atoms with van der Waals surface area (Å²) in [4.78, 5) is 30.6. The molecule has 234 valence electrons. The maximum atomic E-state index is 10.2. The summed E-state index contributed by atoms with van der Waals surface area (Å²) in [6, 6.07) is 24.9. The number of aliphatic hydroxyl groups is 6. The number of carboxylic acid groups (broad SMARTS) is 3. The minimum Gasteiger partial charge on any atom is -0.478 e. The average Bonchev–Trinajstić information content (AvgIpc) is 3.00. The summed E-state index contributed by atoms with van der Waals surface area (Å²) in [5.74, 6) is -2.64. The van der Waals surface area contributed by atoms with Crippen LogP contribution < -0.4 is 0 Å². The third kappa shape index (κ3) is 30.4. The van der Waals surface area contributed by atoms with Gasteiger partial charge in [-0.25, -0.2) is 14.4 Å². The molecule has 0 bridgehead atoms. The van der Waals surface area contributed by atoms with E-state index in [1.807, 2.05) is 0 Å². The van der Waals surface area contributed by atoms with E-state index in [1.54, 1.807) is 91.0 Å². The molecule has 0 aliphatic heterocycles. The molecule has 3 aromatic rings. The van der Waals surface area contributed by atoms with Crippen LogP contribution in [0.1, 0.15) is 51.8 Å². The molecule has 0 radical (unpaired) electrons. The molecule has 3 atom stereocenters. The van der Waals surface area contributed by atoms with Crippen LogP contribution in [-0.2, 0) is 0 Å². The topological polar surface area (TPSA) is 233 Å². The van der Waals surface area contributed by atoms with E-state index in [2.05, 4.69) is 0 Å². The highest BCUT2D eigenvalue weighted by Gasteiger charge is 1.98. The smallest absolute Gasteiger partial charge is 0.335 e. The van der Waals surface area contributed by atoms with E-state index in [-0.39, 0.29) is 19.8 Å². The lowest BCUT2D eigenvalue weighted by Gasteiger charge is -1.90. The van der Waals surface area contributed by atoms with Gasteiger partial charge in [-0.1, -0.05) is 54.6 Å². The first kappa shape index (κ1) is 42.3. The van der Waals surface area contributed by atoms with Crippen LogP contribution in [0.25, 0.3) is 0 Å². The van der Waals surface area contributed by atoms with Crippen molar-refractivity contribution in [2.24, 2.45) is 0 Å². The normalized spacial score (nSPS) is 11.1. The molecule has 3 unspecified atom stereocenters. The van der Waals surface area contributed by atoms with Gasteiger partial charge in [-0.3, -0.25) is 0 Å². The molecule has 3 rings (SSSR count). The second kappa shape index (κ2) is 28.4. The van der Waals surface area contributed by atoms with Crippen LogP contribution in [0.3, 0.4) is 0 Å². The quantitative estimate of drug-likeness (QED) is 0.200. The molecule has 0 heterocycles. The number of hydrogen-bond donors (Lipinski definition) is 9. The van der Waals surface area contributed by atoms with Gasteiger partial charge in [-0.15, -0.1) is 0 Å². The Balaban J connectivity index is -0.000000446. The SMILES string of the molecule is CC(O)CO.CC(O)CO.CC(O)CO.O=C(O)c1ccccc1.O=C(O)c1ccccc1.O=C(O)c1ccccc1. The van der Waals surface area contributed by atoms with Crippen molar-refractivity contribution in [2.45, 2.75) is 39.1 Å². The lowest BCUT2D eigenvalue weighted by atomic mass is 10.2. The van der Waals surface area contributed by atoms with Gasteiger partial charge in [-0.05, 0) is 57.2 Å². The Labute approximate surface area is 245 Å². The molecule has 0 fully saturated rings. The lowest BCUT2D eigenvalue weighted by Crippen LogP contribution is -2.03. The fraction of sp³-hybridized carbons (Fsp3) is 0.300. The fourth-order valence-electron chi connectivity index (χ4n) is 1.74. The molecule has 0 saturated heterocycles.